The molecule has 0 atom stereocenters. The molecule has 0 saturated carbocycles. The highest BCUT2D eigenvalue weighted by Gasteiger charge is 2.10. The molecule has 1 aromatic rings. The Labute approximate surface area is 95.7 Å². The first-order valence-electron chi connectivity index (χ1n) is 5.24. The number of aromatic nitrogens is 2. The summed E-state index contributed by atoms with van der Waals surface area (Å²) in [6, 6.07) is 1.78. The topological polar surface area (TPSA) is 66.9 Å². The molecule has 88 valence electrons. The van der Waals surface area contributed by atoms with Crippen LogP contribution >= 0.6 is 0 Å². The average molecular weight is 222 g/mol. The Morgan fingerprint density at radius 1 is 1.44 bits per heavy atom. The van der Waals surface area contributed by atoms with Crippen molar-refractivity contribution in [1.82, 2.24) is 20.6 Å². The predicted octanol–water partition coefficient (Wildman–Crippen LogP) is 0.481. The predicted molar refractivity (Wildman–Crippen MR) is 61.6 cm³/mol. The van der Waals surface area contributed by atoms with Gasteiger partial charge in [0, 0.05) is 11.7 Å². The summed E-state index contributed by atoms with van der Waals surface area (Å²) in [4.78, 5) is 19.3. The minimum atomic E-state index is -0.0493. The molecule has 5 nitrogen and oxygen atoms in total. The van der Waals surface area contributed by atoms with E-state index in [2.05, 4.69) is 20.6 Å². The fourth-order valence-electron chi connectivity index (χ4n) is 1.02. The summed E-state index contributed by atoms with van der Waals surface area (Å²) in [6.45, 7) is 6.81. The molecule has 2 N–H and O–H groups in total. The third kappa shape index (κ3) is 5.41. The van der Waals surface area contributed by atoms with Crippen LogP contribution in [0.4, 0.5) is 0 Å². The van der Waals surface area contributed by atoms with E-state index in [9.17, 15) is 4.79 Å². The van der Waals surface area contributed by atoms with Crippen molar-refractivity contribution >= 4 is 5.91 Å². The van der Waals surface area contributed by atoms with Crippen LogP contribution in [0.5, 0.6) is 0 Å². The molecule has 0 aliphatic rings. The summed E-state index contributed by atoms with van der Waals surface area (Å²) in [5.41, 5.74) is 0.755. The molecule has 1 rings (SSSR count). The molecule has 0 aliphatic heterocycles. The highest BCUT2D eigenvalue weighted by Crippen LogP contribution is 1.96. The molecular weight excluding hydrogens is 204 g/mol. The van der Waals surface area contributed by atoms with E-state index in [1.807, 2.05) is 20.8 Å². The van der Waals surface area contributed by atoms with Crippen LogP contribution in [0.15, 0.2) is 18.6 Å². The number of rotatable bonds is 4. The zero-order valence-corrected chi connectivity index (χ0v) is 9.95. The average Bonchev–Trinajstić information content (AvgIpc) is 2.24. The maximum Gasteiger partial charge on any atom is 0.234 e. The van der Waals surface area contributed by atoms with E-state index >= 15 is 0 Å². The van der Waals surface area contributed by atoms with E-state index in [0.29, 0.717) is 13.1 Å². The second-order valence-corrected chi connectivity index (χ2v) is 4.58. The third-order valence-electron chi connectivity index (χ3n) is 1.89. The maximum atomic E-state index is 11.4. The summed E-state index contributed by atoms with van der Waals surface area (Å²) in [5, 5.41) is 5.89. The van der Waals surface area contributed by atoms with Gasteiger partial charge in [-0.25, -0.2) is 9.97 Å². The van der Waals surface area contributed by atoms with E-state index in [0.717, 1.165) is 5.69 Å². The molecule has 0 radical (unpaired) electrons. The molecular formula is C11H18N4O. The molecule has 0 unspecified atom stereocenters. The van der Waals surface area contributed by atoms with E-state index in [1.54, 1.807) is 12.3 Å². The first kappa shape index (κ1) is 12.6. The molecule has 1 amide bonds. The van der Waals surface area contributed by atoms with Crippen molar-refractivity contribution in [2.75, 3.05) is 6.54 Å². The van der Waals surface area contributed by atoms with E-state index < -0.39 is 0 Å². The molecule has 5 heteroatoms. The second-order valence-electron chi connectivity index (χ2n) is 4.58. The number of nitrogens with zero attached hydrogens (tertiary/aromatic N) is 2. The van der Waals surface area contributed by atoms with E-state index in [1.165, 1.54) is 6.33 Å². The van der Waals surface area contributed by atoms with Crippen molar-refractivity contribution in [3.8, 4) is 0 Å². The van der Waals surface area contributed by atoms with Crippen LogP contribution in [0.2, 0.25) is 0 Å². The van der Waals surface area contributed by atoms with Crippen molar-refractivity contribution in [2.24, 2.45) is 0 Å². The number of hydrogen-bond acceptors (Lipinski definition) is 4. The Bertz CT molecular complexity index is 332. The summed E-state index contributed by atoms with van der Waals surface area (Å²) < 4.78 is 0. The summed E-state index contributed by atoms with van der Waals surface area (Å²) in [5.74, 6) is -0.0338. The minimum absolute atomic E-state index is 0.0338. The quantitative estimate of drug-likeness (QED) is 0.777. The van der Waals surface area contributed by atoms with Crippen LogP contribution in [0.25, 0.3) is 0 Å². The number of nitrogens with one attached hydrogen (secondary N) is 2. The van der Waals surface area contributed by atoms with Crippen molar-refractivity contribution in [3.05, 3.63) is 24.3 Å². The van der Waals surface area contributed by atoms with Crippen LogP contribution in [0.1, 0.15) is 26.5 Å². The van der Waals surface area contributed by atoms with Gasteiger partial charge in [-0.2, -0.15) is 0 Å². The lowest BCUT2D eigenvalue weighted by atomic mass is 10.1. The number of amides is 1. The Kier molecular flexibility index (Phi) is 4.37. The van der Waals surface area contributed by atoms with Crippen LogP contribution in [0, 0.1) is 0 Å². The summed E-state index contributed by atoms with van der Waals surface area (Å²) >= 11 is 0. The largest absolute Gasteiger partial charge is 0.349 e. The zero-order chi connectivity index (χ0) is 12.0. The van der Waals surface area contributed by atoms with Crippen molar-refractivity contribution < 1.29 is 4.79 Å². The molecule has 0 aliphatic carbocycles. The highest BCUT2D eigenvalue weighted by atomic mass is 16.1. The van der Waals surface area contributed by atoms with Crippen LogP contribution < -0.4 is 10.6 Å². The van der Waals surface area contributed by atoms with Crippen LogP contribution in [-0.2, 0) is 11.3 Å². The van der Waals surface area contributed by atoms with Gasteiger partial charge in [-0.3, -0.25) is 4.79 Å². The van der Waals surface area contributed by atoms with E-state index in [4.69, 9.17) is 0 Å². The maximum absolute atomic E-state index is 11.4. The number of carbonyl (C=O) groups is 1. The Balaban J connectivity index is 2.26. The third-order valence-corrected chi connectivity index (χ3v) is 1.89. The van der Waals surface area contributed by atoms with Gasteiger partial charge in [0.25, 0.3) is 0 Å². The molecule has 0 aromatic carbocycles. The minimum Gasteiger partial charge on any atom is -0.349 e. The van der Waals surface area contributed by atoms with Gasteiger partial charge < -0.3 is 10.6 Å². The second kappa shape index (κ2) is 5.55. The SMILES string of the molecule is CC(C)(C)NCC(=O)NCc1ccncn1. The lowest BCUT2D eigenvalue weighted by Crippen LogP contribution is -2.43. The first-order chi connectivity index (χ1) is 7.47. The Morgan fingerprint density at radius 3 is 2.75 bits per heavy atom. The summed E-state index contributed by atoms with van der Waals surface area (Å²) in [7, 11) is 0. The fourth-order valence-corrected chi connectivity index (χ4v) is 1.02. The normalized spacial score (nSPS) is 11.2. The highest BCUT2D eigenvalue weighted by molar-refractivity contribution is 5.77. The zero-order valence-electron chi connectivity index (χ0n) is 9.95. The monoisotopic (exact) mass is 222 g/mol. The first-order valence-corrected chi connectivity index (χ1v) is 5.24. The van der Waals surface area contributed by atoms with Gasteiger partial charge in [0.1, 0.15) is 6.33 Å². The Morgan fingerprint density at radius 2 is 2.19 bits per heavy atom. The van der Waals surface area contributed by atoms with Gasteiger partial charge in [0.05, 0.1) is 18.8 Å². The van der Waals surface area contributed by atoms with Gasteiger partial charge >= 0.3 is 0 Å². The van der Waals surface area contributed by atoms with Crippen molar-refractivity contribution in [2.45, 2.75) is 32.9 Å². The summed E-state index contributed by atoms with van der Waals surface area (Å²) in [6.07, 6.45) is 3.12. The van der Waals surface area contributed by atoms with Crippen molar-refractivity contribution in [3.63, 3.8) is 0 Å². The number of carbonyl (C=O) groups excluding carboxylic acids is 1. The molecule has 16 heavy (non-hydrogen) atoms. The molecule has 1 aromatic heterocycles. The smallest absolute Gasteiger partial charge is 0.234 e. The molecule has 0 spiro atoms. The molecule has 0 fully saturated rings. The standard InChI is InChI=1S/C11H18N4O/c1-11(2,3)15-7-10(16)13-6-9-4-5-12-8-14-9/h4-5,8,15H,6-7H2,1-3H3,(H,13,16). The lowest BCUT2D eigenvalue weighted by molar-refractivity contribution is -0.120. The Hall–Kier alpha value is -1.49. The van der Waals surface area contributed by atoms with Gasteiger partial charge in [-0.05, 0) is 26.8 Å². The molecule has 0 saturated heterocycles. The van der Waals surface area contributed by atoms with Gasteiger partial charge in [-0.1, -0.05) is 0 Å². The molecule has 0 bridgehead atoms. The van der Waals surface area contributed by atoms with Gasteiger partial charge in [0.15, 0.2) is 0 Å². The number of hydrogen-bond donors (Lipinski definition) is 2. The van der Waals surface area contributed by atoms with Gasteiger partial charge in [0.2, 0.25) is 5.91 Å². The van der Waals surface area contributed by atoms with E-state index in [-0.39, 0.29) is 11.4 Å². The lowest BCUT2D eigenvalue weighted by Gasteiger charge is -2.19. The van der Waals surface area contributed by atoms with Gasteiger partial charge in [-0.15, -0.1) is 0 Å². The molecule has 1 heterocycles. The van der Waals surface area contributed by atoms with Crippen molar-refractivity contribution in [1.29, 1.82) is 0 Å². The van der Waals surface area contributed by atoms with Crippen LogP contribution in [-0.4, -0.2) is 28.0 Å². The van der Waals surface area contributed by atoms with Crippen LogP contribution in [0.3, 0.4) is 0 Å². The fraction of sp³-hybridized carbons (Fsp3) is 0.545.